The molecule has 1 aromatic rings. The number of nitrogens with two attached hydrogens (primary N) is 1. The van der Waals surface area contributed by atoms with Gasteiger partial charge in [-0.1, -0.05) is 6.92 Å². The normalized spacial score (nSPS) is 11.7. The molecule has 0 radical (unpaired) electrons. The zero-order chi connectivity index (χ0) is 14.3. The molecule has 0 saturated heterocycles. The first kappa shape index (κ1) is 15.1. The van der Waals surface area contributed by atoms with E-state index in [2.05, 4.69) is 11.1 Å². The van der Waals surface area contributed by atoms with Crippen molar-refractivity contribution in [2.24, 2.45) is 5.92 Å². The van der Waals surface area contributed by atoms with E-state index in [-0.39, 0.29) is 5.92 Å². The second-order valence-corrected chi connectivity index (χ2v) is 4.48. The van der Waals surface area contributed by atoms with Crippen LogP contribution >= 0.6 is 0 Å². The third-order valence-corrected chi connectivity index (χ3v) is 2.74. The van der Waals surface area contributed by atoms with Crippen LogP contribution in [0.2, 0.25) is 0 Å². The van der Waals surface area contributed by atoms with Crippen molar-refractivity contribution >= 4 is 11.5 Å². The summed E-state index contributed by atoms with van der Waals surface area (Å²) in [5.41, 5.74) is 6.38. The monoisotopic (exact) mass is 262 g/mol. The van der Waals surface area contributed by atoms with Crippen LogP contribution in [0.15, 0.2) is 12.1 Å². The molecule has 0 fully saturated rings. The average molecular weight is 262 g/mol. The van der Waals surface area contributed by atoms with Crippen molar-refractivity contribution in [3.05, 3.63) is 12.1 Å². The Kier molecular flexibility index (Phi) is 5.94. The van der Waals surface area contributed by atoms with Gasteiger partial charge in [-0.3, -0.25) is 0 Å². The predicted octanol–water partition coefficient (Wildman–Crippen LogP) is 2.44. The van der Waals surface area contributed by atoms with Gasteiger partial charge >= 0.3 is 0 Å². The van der Waals surface area contributed by atoms with Crippen LogP contribution in [0, 0.1) is 17.2 Å². The number of pyridine rings is 1. The van der Waals surface area contributed by atoms with E-state index >= 15 is 0 Å². The second kappa shape index (κ2) is 7.47. The molecule has 2 N–H and O–H groups in total. The third-order valence-electron chi connectivity index (χ3n) is 2.74. The van der Waals surface area contributed by atoms with Gasteiger partial charge in [-0.25, -0.2) is 0 Å². The van der Waals surface area contributed by atoms with Crippen molar-refractivity contribution in [1.82, 2.24) is 4.98 Å². The Morgan fingerprint density at radius 3 is 2.79 bits per heavy atom. The summed E-state index contributed by atoms with van der Waals surface area (Å²) >= 11 is 0. The van der Waals surface area contributed by atoms with Gasteiger partial charge in [-0.2, -0.15) is 10.2 Å². The number of hydrogen-bond acceptors (Lipinski definition) is 5. The number of ether oxygens (including phenoxy) is 1. The Balaban J connectivity index is 2.89. The lowest BCUT2D eigenvalue weighted by Gasteiger charge is -2.23. The summed E-state index contributed by atoms with van der Waals surface area (Å²) in [6.45, 7) is 8.00. The smallest absolute Gasteiger partial charge is 0.239 e. The maximum atomic E-state index is 8.90. The minimum atomic E-state index is -0.0423. The van der Waals surface area contributed by atoms with Crippen LogP contribution < -0.4 is 15.4 Å². The zero-order valence-electron chi connectivity index (χ0n) is 11.9. The molecule has 0 aliphatic rings. The summed E-state index contributed by atoms with van der Waals surface area (Å²) in [7, 11) is 0. The van der Waals surface area contributed by atoms with Crippen LogP contribution in [0.1, 0.15) is 27.2 Å². The molecule has 1 unspecified atom stereocenters. The molecule has 19 heavy (non-hydrogen) atoms. The largest absolute Gasteiger partial charge is 0.476 e. The lowest BCUT2D eigenvalue weighted by atomic mass is 10.2. The average Bonchev–Trinajstić information content (AvgIpc) is 2.43. The van der Waals surface area contributed by atoms with Gasteiger partial charge in [0.2, 0.25) is 5.88 Å². The maximum Gasteiger partial charge on any atom is 0.239 e. The van der Waals surface area contributed by atoms with E-state index in [9.17, 15) is 0 Å². The van der Waals surface area contributed by atoms with Gasteiger partial charge in [-0.15, -0.1) is 0 Å². The Bertz CT molecular complexity index is 442. The molecule has 0 saturated carbocycles. The van der Waals surface area contributed by atoms with E-state index in [1.165, 1.54) is 0 Å². The molecule has 1 rings (SSSR count). The Morgan fingerprint density at radius 2 is 2.21 bits per heavy atom. The Morgan fingerprint density at radius 1 is 1.47 bits per heavy atom. The van der Waals surface area contributed by atoms with E-state index in [1.54, 1.807) is 6.07 Å². The highest BCUT2D eigenvalue weighted by Gasteiger charge is 2.12. The lowest BCUT2D eigenvalue weighted by molar-refractivity contribution is 0.307. The van der Waals surface area contributed by atoms with Gasteiger partial charge in [0, 0.05) is 13.1 Å². The summed E-state index contributed by atoms with van der Waals surface area (Å²) in [6, 6.07) is 5.90. The van der Waals surface area contributed by atoms with E-state index in [0.717, 1.165) is 18.8 Å². The molecule has 0 aliphatic heterocycles. The van der Waals surface area contributed by atoms with Gasteiger partial charge in [0.25, 0.3) is 0 Å². The second-order valence-electron chi connectivity index (χ2n) is 4.48. The van der Waals surface area contributed by atoms with Crippen molar-refractivity contribution in [3.63, 3.8) is 0 Å². The van der Waals surface area contributed by atoms with E-state index in [1.807, 2.05) is 31.7 Å². The van der Waals surface area contributed by atoms with Gasteiger partial charge in [-0.05, 0) is 32.4 Å². The van der Waals surface area contributed by atoms with E-state index < -0.39 is 0 Å². The van der Waals surface area contributed by atoms with Gasteiger partial charge in [0.05, 0.1) is 24.3 Å². The maximum absolute atomic E-state index is 8.90. The first-order valence-electron chi connectivity index (χ1n) is 6.66. The van der Waals surface area contributed by atoms with Gasteiger partial charge in [0.1, 0.15) is 5.82 Å². The molecule has 1 aromatic heterocycles. The number of nitriles is 1. The molecule has 1 heterocycles. The molecule has 0 bridgehead atoms. The summed E-state index contributed by atoms with van der Waals surface area (Å²) in [6.07, 6.45) is 0.911. The van der Waals surface area contributed by atoms with Crippen LogP contribution in [0.3, 0.4) is 0 Å². The van der Waals surface area contributed by atoms with Crippen LogP contribution in [-0.4, -0.2) is 24.7 Å². The molecule has 0 spiro atoms. The molecule has 1 atom stereocenters. The van der Waals surface area contributed by atoms with Gasteiger partial charge < -0.3 is 15.4 Å². The topological polar surface area (TPSA) is 75.2 Å². The molecular formula is C14H22N4O. The number of anilines is 2. The fraction of sp³-hybridized carbons (Fsp3) is 0.571. The number of nitrogen functional groups attached to an aromatic ring is 1. The molecule has 0 aliphatic carbocycles. The highest BCUT2D eigenvalue weighted by atomic mass is 16.5. The van der Waals surface area contributed by atoms with E-state index in [4.69, 9.17) is 15.7 Å². The number of rotatable bonds is 7. The van der Waals surface area contributed by atoms with E-state index in [0.29, 0.717) is 24.7 Å². The van der Waals surface area contributed by atoms with Gasteiger partial charge in [0.15, 0.2) is 0 Å². The molecule has 0 amide bonds. The minimum Gasteiger partial charge on any atom is -0.476 e. The van der Waals surface area contributed by atoms with Crippen molar-refractivity contribution < 1.29 is 4.74 Å². The summed E-state index contributed by atoms with van der Waals surface area (Å²) in [5, 5.41) is 8.90. The lowest BCUT2D eigenvalue weighted by Crippen LogP contribution is -2.28. The highest BCUT2D eigenvalue weighted by Crippen LogP contribution is 2.23. The minimum absolute atomic E-state index is 0.0423. The number of nitrogens with zero attached hydrogens (tertiary/aromatic N) is 3. The van der Waals surface area contributed by atoms with Crippen LogP contribution in [0.5, 0.6) is 5.88 Å². The first-order chi connectivity index (χ1) is 9.12. The summed E-state index contributed by atoms with van der Waals surface area (Å²) in [4.78, 5) is 6.49. The highest BCUT2D eigenvalue weighted by molar-refractivity contribution is 5.54. The predicted molar refractivity (Wildman–Crippen MR) is 77.1 cm³/mol. The summed E-state index contributed by atoms with van der Waals surface area (Å²) in [5.74, 6) is 1.23. The molecule has 104 valence electrons. The standard InChI is InChI=1S/C14H22N4O/c1-4-8-19-14-12(16)6-7-13(17-14)18(5-2)10-11(3)9-15/h6-7,11H,4-5,8,10,16H2,1-3H3. The van der Waals surface area contributed by atoms with Crippen molar-refractivity contribution in [3.8, 4) is 11.9 Å². The SMILES string of the molecule is CCCOc1nc(N(CC)CC(C)C#N)ccc1N. The number of hydrogen-bond donors (Lipinski definition) is 1. The van der Waals surface area contributed by atoms with Crippen LogP contribution in [0.25, 0.3) is 0 Å². The summed E-state index contributed by atoms with van der Waals surface area (Å²) < 4.78 is 5.52. The third kappa shape index (κ3) is 4.32. The zero-order valence-corrected chi connectivity index (χ0v) is 11.9. The van der Waals surface area contributed by atoms with Crippen LogP contribution in [0.4, 0.5) is 11.5 Å². The van der Waals surface area contributed by atoms with Crippen LogP contribution in [-0.2, 0) is 0 Å². The van der Waals surface area contributed by atoms with Crippen molar-refractivity contribution in [2.45, 2.75) is 27.2 Å². The first-order valence-corrected chi connectivity index (χ1v) is 6.66. The fourth-order valence-corrected chi connectivity index (χ4v) is 1.69. The molecule has 5 nitrogen and oxygen atoms in total. The molecular weight excluding hydrogens is 240 g/mol. The van der Waals surface area contributed by atoms with Crippen molar-refractivity contribution in [1.29, 1.82) is 5.26 Å². The molecule has 0 aromatic carbocycles. The Labute approximate surface area is 115 Å². The quantitative estimate of drug-likeness (QED) is 0.816. The fourth-order valence-electron chi connectivity index (χ4n) is 1.69. The Hall–Kier alpha value is -1.96. The number of aromatic nitrogens is 1. The molecule has 5 heteroatoms. The van der Waals surface area contributed by atoms with Crippen molar-refractivity contribution in [2.75, 3.05) is 30.3 Å².